The molecule has 5 heteroatoms. The Labute approximate surface area is 153 Å². The van der Waals surface area contributed by atoms with E-state index in [0.717, 1.165) is 15.4 Å². The Hall–Kier alpha value is -2.73. The number of Topliss-reactive ketones (excluding diaryl/α,β-unsaturated/α-hetero) is 1. The molecule has 1 aliphatic heterocycles. The Morgan fingerprint density at radius 2 is 1.60 bits per heavy atom. The molecule has 0 unspecified atom stereocenters. The quantitative estimate of drug-likeness (QED) is 0.613. The van der Waals surface area contributed by atoms with Crippen LogP contribution in [0.15, 0.2) is 67.6 Å². The molecular formula is C20H10N2OS2. The SMILES string of the molecule is Cc1ccc2c(c1)SC1=C(S2)C(=O)c2ccccc2C1=C(C#N)C#N. The highest BCUT2D eigenvalue weighted by Crippen LogP contribution is 2.55. The summed E-state index contributed by atoms with van der Waals surface area (Å²) in [5.41, 5.74) is 2.94. The van der Waals surface area contributed by atoms with Gasteiger partial charge in [-0.25, -0.2) is 0 Å². The zero-order valence-electron chi connectivity index (χ0n) is 13.2. The van der Waals surface area contributed by atoms with Crippen molar-refractivity contribution in [2.24, 2.45) is 0 Å². The molecule has 4 rings (SSSR count). The van der Waals surface area contributed by atoms with Crippen LogP contribution in [0.3, 0.4) is 0 Å². The van der Waals surface area contributed by atoms with E-state index in [1.54, 1.807) is 18.2 Å². The fourth-order valence-electron chi connectivity index (χ4n) is 2.93. The van der Waals surface area contributed by atoms with E-state index in [4.69, 9.17) is 0 Å². The Balaban J connectivity index is 2.02. The summed E-state index contributed by atoms with van der Waals surface area (Å²) in [6.07, 6.45) is 0. The van der Waals surface area contributed by atoms with Crippen molar-refractivity contribution in [2.75, 3.05) is 0 Å². The maximum absolute atomic E-state index is 13.0. The number of rotatable bonds is 0. The minimum Gasteiger partial charge on any atom is -0.288 e. The number of carbonyl (C=O) groups is 1. The lowest BCUT2D eigenvalue weighted by atomic mass is 9.89. The summed E-state index contributed by atoms with van der Waals surface area (Å²) in [5.74, 6) is -0.0479. The van der Waals surface area contributed by atoms with E-state index in [0.29, 0.717) is 26.5 Å². The Bertz CT molecular complexity index is 1080. The molecule has 0 saturated carbocycles. The molecule has 0 spiro atoms. The number of benzene rings is 2. The van der Waals surface area contributed by atoms with Crippen molar-refractivity contribution < 1.29 is 4.79 Å². The van der Waals surface area contributed by atoms with Crippen LogP contribution in [-0.2, 0) is 0 Å². The number of ketones is 1. The molecule has 2 aliphatic rings. The van der Waals surface area contributed by atoms with Gasteiger partial charge in [-0.1, -0.05) is 53.9 Å². The van der Waals surface area contributed by atoms with E-state index in [2.05, 4.69) is 6.07 Å². The average Bonchev–Trinajstić information content (AvgIpc) is 2.64. The molecule has 0 bridgehead atoms. The van der Waals surface area contributed by atoms with Crippen molar-refractivity contribution in [1.29, 1.82) is 10.5 Å². The van der Waals surface area contributed by atoms with Crippen LogP contribution in [0, 0.1) is 29.6 Å². The van der Waals surface area contributed by atoms with Crippen LogP contribution in [0.25, 0.3) is 5.57 Å². The number of thioether (sulfide) groups is 2. The topological polar surface area (TPSA) is 64.7 Å². The molecule has 0 amide bonds. The van der Waals surface area contributed by atoms with Crippen LogP contribution in [0.2, 0.25) is 0 Å². The molecule has 0 radical (unpaired) electrons. The van der Waals surface area contributed by atoms with Crippen molar-refractivity contribution in [3.63, 3.8) is 0 Å². The predicted octanol–water partition coefficient (Wildman–Crippen LogP) is 5.10. The standard InChI is InChI=1S/C20H10N2OS2/c1-11-6-7-15-16(8-11)25-19-17(12(9-21)10-22)13-4-2-3-5-14(13)18(23)20(19)24-15/h2-8H,1H3. The van der Waals surface area contributed by atoms with Gasteiger partial charge in [0.25, 0.3) is 0 Å². The van der Waals surface area contributed by atoms with Crippen molar-refractivity contribution in [3.8, 4) is 12.1 Å². The normalized spacial score (nSPS) is 14.8. The zero-order valence-corrected chi connectivity index (χ0v) is 14.8. The van der Waals surface area contributed by atoms with Crippen LogP contribution >= 0.6 is 23.5 Å². The third-order valence-corrected chi connectivity index (χ3v) is 6.68. The lowest BCUT2D eigenvalue weighted by Crippen LogP contribution is -2.15. The minimum atomic E-state index is -0.0479. The van der Waals surface area contributed by atoms with Crippen molar-refractivity contribution in [3.05, 3.63) is 74.5 Å². The molecule has 25 heavy (non-hydrogen) atoms. The van der Waals surface area contributed by atoms with Crippen LogP contribution in [-0.4, -0.2) is 5.78 Å². The molecule has 0 aromatic heterocycles. The summed E-state index contributed by atoms with van der Waals surface area (Å²) in [6, 6.07) is 17.3. The van der Waals surface area contributed by atoms with Gasteiger partial charge >= 0.3 is 0 Å². The zero-order chi connectivity index (χ0) is 17.6. The molecule has 2 aromatic rings. The fourth-order valence-corrected chi connectivity index (χ4v) is 5.48. The number of allylic oxidation sites excluding steroid dienone is 3. The molecule has 118 valence electrons. The van der Waals surface area contributed by atoms with Crippen LogP contribution < -0.4 is 0 Å². The third kappa shape index (κ3) is 2.41. The first-order valence-corrected chi connectivity index (χ1v) is 9.17. The van der Waals surface area contributed by atoms with Crippen molar-refractivity contribution >= 4 is 34.9 Å². The Morgan fingerprint density at radius 1 is 0.920 bits per heavy atom. The molecule has 0 fully saturated rings. The first-order chi connectivity index (χ1) is 12.1. The van der Waals surface area contributed by atoms with E-state index in [-0.39, 0.29) is 11.4 Å². The second-order valence-corrected chi connectivity index (χ2v) is 7.77. The summed E-state index contributed by atoms with van der Waals surface area (Å²) in [4.78, 5) is 16.4. The van der Waals surface area contributed by atoms with Gasteiger partial charge in [0, 0.05) is 25.8 Å². The summed E-state index contributed by atoms with van der Waals surface area (Å²) < 4.78 is 0. The number of carbonyl (C=O) groups excluding carboxylic acids is 1. The van der Waals surface area contributed by atoms with Crippen LogP contribution in [0.5, 0.6) is 0 Å². The maximum atomic E-state index is 13.0. The van der Waals surface area contributed by atoms with Gasteiger partial charge in [0.15, 0.2) is 0 Å². The van der Waals surface area contributed by atoms with E-state index >= 15 is 0 Å². The number of nitriles is 2. The third-order valence-electron chi connectivity index (χ3n) is 4.08. The van der Waals surface area contributed by atoms with Gasteiger partial charge in [-0.3, -0.25) is 4.79 Å². The molecule has 1 aliphatic carbocycles. The van der Waals surface area contributed by atoms with Gasteiger partial charge in [-0.2, -0.15) is 10.5 Å². The molecular weight excluding hydrogens is 348 g/mol. The van der Waals surface area contributed by atoms with E-state index in [1.165, 1.54) is 23.5 Å². The smallest absolute Gasteiger partial charge is 0.201 e. The second kappa shape index (κ2) is 5.97. The Kier molecular flexibility index (Phi) is 3.77. The van der Waals surface area contributed by atoms with Crippen molar-refractivity contribution in [2.45, 2.75) is 16.7 Å². The summed E-state index contributed by atoms with van der Waals surface area (Å²) in [7, 11) is 0. The summed E-state index contributed by atoms with van der Waals surface area (Å²) >= 11 is 2.89. The van der Waals surface area contributed by atoms with Gasteiger partial charge in [-0.05, 0) is 30.2 Å². The number of aryl methyl sites for hydroxylation is 1. The molecule has 0 N–H and O–H groups in total. The first kappa shape index (κ1) is 15.8. The molecule has 0 atom stereocenters. The highest BCUT2D eigenvalue weighted by Gasteiger charge is 2.35. The highest BCUT2D eigenvalue weighted by atomic mass is 32.2. The van der Waals surface area contributed by atoms with E-state index in [1.807, 2.05) is 37.3 Å². The van der Waals surface area contributed by atoms with Gasteiger partial charge in [-0.15, -0.1) is 0 Å². The Morgan fingerprint density at radius 3 is 2.32 bits per heavy atom. The van der Waals surface area contributed by atoms with E-state index in [9.17, 15) is 15.3 Å². The molecule has 2 aromatic carbocycles. The van der Waals surface area contributed by atoms with Gasteiger partial charge < -0.3 is 0 Å². The summed E-state index contributed by atoms with van der Waals surface area (Å²) in [6.45, 7) is 2.02. The number of hydrogen-bond donors (Lipinski definition) is 0. The second-order valence-electron chi connectivity index (χ2n) is 5.66. The molecule has 3 nitrogen and oxygen atoms in total. The molecule has 0 saturated heterocycles. The number of hydrogen-bond acceptors (Lipinski definition) is 5. The maximum Gasteiger partial charge on any atom is 0.201 e. The van der Waals surface area contributed by atoms with Crippen molar-refractivity contribution in [1.82, 2.24) is 0 Å². The van der Waals surface area contributed by atoms with Crippen LogP contribution in [0.4, 0.5) is 0 Å². The van der Waals surface area contributed by atoms with Crippen LogP contribution in [0.1, 0.15) is 21.5 Å². The fraction of sp³-hybridized carbons (Fsp3) is 0.0500. The predicted molar refractivity (Wildman–Crippen MR) is 98.8 cm³/mol. The first-order valence-electron chi connectivity index (χ1n) is 7.53. The molecule has 1 heterocycles. The van der Waals surface area contributed by atoms with Gasteiger partial charge in [0.05, 0.1) is 4.91 Å². The van der Waals surface area contributed by atoms with E-state index < -0.39 is 0 Å². The summed E-state index contributed by atoms with van der Waals surface area (Å²) in [5, 5.41) is 18.9. The lowest BCUT2D eigenvalue weighted by molar-refractivity contribution is 0.104. The largest absolute Gasteiger partial charge is 0.288 e. The number of fused-ring (bicyclic) bond motifs is 2. The highest BCUT2D eigenvalue weighted by molar-refractivity contribution is 8.10. The lowest BCUT2D eigenvalue weighted by Gasteiger charge is -2.28. The average molecular weight is 358 g/mol. The number of nitrogens with zero attached hydrogens (tertiary/aromatic N) is 2. The monoisotopic (exact) mass is 358 g/mol. The minimum absolute atomic E-state index is 0.0386. The van der Waals surface area contributed by atoms with Gasteiger partial charge in [0.2, 0.25) is 5.78 Å². The van der Waals surface area contributed by atoms with Gasteiger partial charge in [0.1, 0.15) is 17.7 Å².